The average Bonchev–Trinajstić information content (AvgIpc) is 2.47. The van der Waals surface area contributed by atoms with Crippen LogP contribution in [0.5, 0.6) is 5.75 Å². The predicted molar refractivity (Wildman–Crippen MR) is 78.1 cm³/mol. The summed E-state index contributed by atoms with van der Waals surface area (Å²) in [5.74, 6) is 0.106. The number of rotatable bonds is 5. The lowest BCUT2D eigenvalue weighted by Gasteiger charge is -2.37. The van der Waals surface area contributed by atoms with E-state index in [1.807, 2.05) is 18.2 Å². The highest BCUT2D eigenvalue weighted by Crippen LogP contribution is 2.32. The van der Waals surface area contributed by atoms with Gasteiger partial charge in [0.05, 0.1) is 0 Å². The number of nitrogens with one attached hydrogen (secondary N) is 1. The molecule has 1 aliphatic rings. The van der Waals surface area contributed by atoms with Gasteiger partial charge in [-0.05, 0) is 44.4 Å². The van der Waals surface area contributed by atoms with Gasteiger partial charge in [0, 0.05) is 6.42 Å². The summed E-state index contributed by atoms with van der Waals surface area (Å²) in [6.45, 7) is 2.10. The van der Waals surface area contributed by atoms with Crippen LogP contribution >= 0.6 is 0 Å². The van der Waals surface area contributed by atoms with E-state index in [-0.39, 0.29) is 6.10 Å². The molecule has 1 aliphatic carbocycles. The summed E-state index contributed by atoms with van der Waals surface area (Å²) in [4.78, 5) is 11.5. The summed E-state index contributed by atoms with van der Waals surface area (Å²) < 4.78 is 6.08. The zero-order valence-electron chi connectivity index (χ0n) is 12.2. The molecule has 0 spiro atoms. The maximum atomic E-state index is 11.5. The third-order valence-corrected chi connectivity index (χ3v) is 4.24. The normalized spacial score (nSPS) is 26.2. The Morgan fingerprint density at radius 2 is 2.25 bits per heavy atom. The Morgan fingerprint density at radius 3 is 2.90 bits per heavy atom. The number of likely N-dealkylation sites (N-methyl/N-ethyl adjacent to an activating group) is 1. The molecule has 4 heteroatoms. The van der Waals surface area contributed by atoms with Gasteiger partial charge in [0.1, 0.15) is 17.4 Å². The zero-order valence-corrected chi connectivity index (χ0v) is 12.2. The molecular weight excluding hydrogens is 254 g/mol. The topological polar surface area (TPSA) is 58.6 Å². The van der Waals surface area contributed by atoms with E-state index in [0.717, 1.165) is 25.0 Å². The molecule has 0 saturated heterocycles. The van der Waals surface area contributed by atoms with Gasteiger partial charge in [-0.3, -0.25) is 4.79 Å². The first-order chi connectivity index (χ1) is 9.61. The van der Waals surface area contributed by atoms with E-state index in [0.29, 0.717) is 12.8 Å². The molecule has 0 heterocycles. The van der Waals surface area contributed by atoms with Crippen molar-refractivity contribution in [1.82, 2.24) is 5.32 Å². The monoisotopic (exact) mass is 277 g/mol. The van der Waals surface area contributed by atoms with Gasteiger partial charge in [0.15, 0.2) is 0 Å². The number of carbonyl (C=O) groups is 1. The molecule has 20 heavy (non-hydrogen) atoms. The summed E-state index contributed by atoms with van der Waals surface area (Å²) in [6.07, 6.45) is 3.82. The summed E-state index contributed by atoms with van der Waals surface area (Å²) in [5.41, 5.74) is 0.327. The maximum Gasteiger partial charge on any atom is 0.324 e. The van der Waals surface area contributed by atoms with Crippen molar-refractivity contribution in [3.05, 3.63) is 29.8 Å². The van der Waals surface area contributed by atoms with E-state index in [1.165, 1.54) is 5.56 Å². The first kappa shape index (κ1) is 14.9. The predicted octanol–water partition coefficient (Wildman–Crippen LogP) is 2.61. The lowest BCUT2D eigenvalue weighted by Crippen LogP contribution is -2.55. The molecule has 2 atom stereocenters. The number of carboxylic acid groups (broad SMARTS) is 1. The quantitative estimate of drug-likeness (QED) is 0.868. The smallest absolute Gasteiger partial charge is 0.324 e. The highest BCUT2D eigenvalue weighted by atomic mass is 16.5. The van der Waals surface area contributed by atoms with Gasteiger partial charge >= 0.3 is 5.97 Å². The standard InChI is InChI=1S/C16H23NO3/c1-3-12-7-4-5-9-14(12)20-13-8-6-10-16(11-13,17-2)15(18)19/h4-5,7,9,13,17H,3,6,8,10-11H2,1-2H3,(H,18,19). The van der Waals surface area contributed by atoms with Crippen molar-refractivity contribution in [3.8, 4) is 5.75 Å². The van der Waals surface area contributed by atoms with Crippen LogP contribution in [0.25, 0.3) is 0 Å². The van der Waals surface area contributed by atoms with Crippen LogP contribution in [-0.4, -0.2) is 29.8 Å². The Hall–Kier alpha value is -1.55. The SMILES string of the molecule is CCc1ccccc1OC1CCCC(NC)(C(=O)O)C1. The molecule has 110 valence electrons. The van der Waals surface area contributed by atoms with E-state index < -0.39 is 11.5 Å². The van der Waals surface area contributed by atoms with Crippen LogP contribution < -0.4 is 10.1 Å². The minimum absolute atomic E-state index is 0.0417. The van der Waals surface area contributed by atoms with Crippen molar-refractivity contribution >= 4 is 5.97 Å². The highest BCUT2D eigenvalue weighted by Gasteiger charge is 2.42. The molecule has 2 rings (SSSR count). The second kappa shape index (κ2) is 6.27. The summed E-state index contributed by atoms with van der Waals surface area (Å²) >= 11 is 0. The first-order valence-corrected chi connectivity index (χ1v) is 7.28. The van der Waals surface area contributed by atoms with Crippen molar-refractivity contribution in [1.29, 1.82) is 0 Å². The van der Waals surface area contributed by atoms with Gasteiger partial charge in [0.25, 0.3) is 0 Å². The van der Waals surface area contributed by atoms with Crippen molar-refractivity contribution in [2.75, 3.05) is 7.05 Å². The van der Waals surface area contributed by atoms with Crippen LogP contribution in [0.2, 0.25) is 0 Å². The second-order valence-corrected chi connectivity index (χ2v) is 5.43. The fraction of sp³-hybridized carbons (Fsp3) is 0.562. The number of ether oxygens (including phenoxy) is 1. The molecule has 0 radical (unpaired) electrons. The fourth-order valence-electron chi connectivity index (χ4n) is 2.94. The Labute approximate surface area is 120 Å². The van der Waals surface area contributed by atoms with E-state index in [4.69, 9.17) is 4.74 Å². The number of carboxylic acids is 1. The molecule has 0 aliphatic heterocycles. The number of para-hydroxylation sites is 1. The molecule has 4 nitrogen and oxygen atoms in total. The molecule has 2 N–H and O–H groups in total. The molecule has 1 aromatic carbocycles. The Balaban J connectivity index is 2.12. The fourth-order valence-corrected chi connectivity index (χ4v) is 2.94. The number of aryl methyl sites for hydroxylation is 1. The van der Waals surface area contributed by atoms with Gasteiger partial charge in [-0.2, -0.15) is 0 Å². The first-order valence-electron chi connectivity index (χ1n) is 7.28. The second-order valence-electron chi connectivity index (χ2n) is 5.43. The van der Waals surface area contributed by atoms with Crippen LogP contribution in [0.4, 0.5) is 0 Å². The molecule has 0 bridgehead atoms. The van der Waals surface area contributed by atoms with Crippen LogP contribution in [0.15, 0.2) is 24.3 Å². The van der Waals surface area contributed by atoms with Gasteiger partial charge < -0.3 is 15.2 Å². The van der Waals surface area contributed by atoms with Crippen LogP contribution in [0.3, 0.4) is 0 Å². The molecule has 1 fully saturated rings. The van der Waals surface area contributed by atoms with Crippen molar-refractivity contribution < 1.29 is 14.6 Å². The van der Waals surface area contributed by atoms with E-state index >= 15 is 0 Å². The molecular formula is C16H23NO3. The van der Waals surface area contributed by atoms with Crippen molar-refractivity contribution in [2.24, 2.45) is 0 Å². The molecule has 0 amide bonds. The van der Waals surface area contributed by atoms with Crippen LogP contribution in [0.1, 0.15) is 38.2 Å². The average molecular weight is 277 g/mol. The van der Waals surface area contributed by atoms with Gasteiger partial charge in [-0.1, -0.05) is 25.1 Å². The number of hydrogen-bond acceptors (Lipinski definition) is 3. The van der Waals surface area contributed by atoms with E-state index in [1.54, 1.807) is 7.05 Å². The lowest BCUT2D eigenvalue weighted by atomic mass is 9.80. The third kappa shape index (κ3) is 2.96. The van der Waals surface area contributed by atoms with Gasteiger partial charge in [-0.25, -0.2) is 0 Å². The van der Waals surface area contributed by atoms with Gasteiger partial charge in [-0.15, -0.1) is 0 Å². The summed E-state index contributed by atoms with van der Waals surface area (Å²) in [6, 6.07) is 7.98. The lowest BCUT2D eigenvalue weighted by molar-refractivity contribution is -0.147. The van der Waals surface area contributed by atoms with Gasteiger partial charge in [0.2, 0.25) is 0 Å². The van der Waals surface area contributed by atoms with Crippen LogP contribution in [0, 0.1) is 0 Å². The molecule has 2 unspecified atom stereocenters. The van der Waals surface area contributed by atoms with Crippen molar-refractivity contribution in [3.63, 3.8) is 0 Å². The minimum atomic E-state index is -0.843. The van der Waals surface area contributed by atoms with Crippen LogP contribution in [-0.2, 0) is 11.2 Å². The Morgan fingerprint density at radius 1 is 1.50 bits per heavy atom. The molecule has 0 aromatic heterocycles. The van der Waals surface area contributed by atoms with E-state index in [9.17, 15) is 9.90 Å². The number of benzene rings is 1. The largest absolute Gasteiger partial charge is 0.490 e. The highest BCUT2D eigenvalue weighted by molar-refractivity contribution is 5.79. The number of hydrogen-bond donors (Lipinski definition) is 2. The zero-order chi connectivity index (χ0) is 14.6. The minimum Gasteiger partial charge on any atom is -0.490 e. The Kier molecular flexibility index (Phi) is 4.65. The number of aliphatic carboxylic acids is 1. The molecule has 1 saturated carbocycles. The van der Waals surface area contributed by atoms with E-state index in [2.05, 4.69) is 18.3 Å². The maximum absolute atomic E-state index is 11.5. The Bertz CT molecular complexity index is 475. The summed E-state index contributed by atoms with van der Waals surface area (Å²) in [5, 5.41) is 12.4. The summed E-state index contributed by atoms with van der Waals surface area (Å²) in [7, 11) is 1.72. The third-order valence-electron chi connectivity index (χ3n) is 4.24. The molecule has 1 aromatic rings. The van der Waals surface area contributed by atoms with Crippen molar-refractivity contribution in [2.45, 2.75) is 50.7 Å².